The monoisotopic (exact) mass is 327 g/mol. The quantitative estimate of drug-likeness (QED) is 0.422. The molecule has 0 aliphatic heterocycles. The summed E-state index contributed by atoms with van der Waals surface area (Å²) in [6.45, 7) is 6.66. The van der Waals surface area contributed by atoms with Crippen molar-refractivity contribution in [3.8, 4) is 22.6 Å². The molecule has 25 heavy (non-hydrogen) atoms. The third kappa shape index (κ3) is 3.08. The highest BCUT2D eigenvalue weighted by atomic mass is 16.3. The predicted molar refractivity (Wildman–Crippen MR) is 104 cm³/mol. The molecule has 0 unspecified atom stereocenters. The maximum Gasteiger partial charge on any atom is 0.227 e. The van der Waals surface area contributed by atoms with Crippen LogP contribution in [0.1, 0.15) is 26.3 Å². The van der Waals surface area contributed by atoms with Crippen LogP contribution < -0.4 is 0 Å². The lowest BCUT2D eigenvalue weighted by atomic mass is 9.86. The van der Waals surface area contributed by atoms with Gasteiger partial charge in [-0.3, -0.25) is 0 Å². The van der Waals surface area contributed by atoms with Crippen molar-refractivity contribution in [1.82, 2.24) is 4.98 Å². The summed E-state index contributed by atoms with van der Waals surface area (Å²) in [5, 5.41) is 1.02. The second-order valence-corrected chi connectivity index (χ2v) is 7.39. The van der Waals surface area contributed by atoms with E-state index in [1.807, 2.05) is 24.3 Å². The van der Waals surface area contributed by atoms with E-state index in [0.29, 0.717) is 5.71 Å². The molecule has 2 heteroatoms. The van der Waals surface area contributed by atoms with Gasteiger partial charge in [-0.05, 0) is 29.2 Å². The molecule has 0 bridgehead atoms. The number of benzene rings is 2. The van der Waals surface area contributed by atoms with Crippen molar-refractivity contribution < 1.29 is 4.42 Å². The molecule has 0 atom stereocenters. The normalized spacial score (nSPS) is 11.8. The predicted octanol–water partition coefficient (Wildman–Crippen LogP) is 6.46. The van der Waals surface area contributed by atoms with Gasteiger partial charge in [0.15, 0.2) is 0 Å². The van der Waals surface area contributed by atoms with E-state index in [1.54, 1.807) is 0 Å². The van der Waals surface area contributed by atoms with Crippen LogP contribution in [-0.2, 0) is 5.41 Å². The molecule has 2 heterocycles. The van der Waals surface area contributed by atoms with Crippen molar-refractivity contribution in [2.45, 2.75) is 26.2 Å². The molecule has 4 aromatic rings. The zero-order chi connectivity index (χ0) is 17.4. The Hall–Kier alpha value is -2.87. The topological polar surface area (TPSA) is 26.0 Å². The van der Waals surface area contributed by atoms with Crippen LogP contribution in [0.15, 0.2) is 77.2 Å². The molecule has 0 saturated heterocycles. The molecule has 0 aliphatic rings. The Labute approximate surface area is 148 Å². The fourth-order valence-electron chi connectivity index (χ4n) is 2.96. The van der Waals surface area contributed by atoms with Gasteiger partial charge in [0.25, 0.3) is 0 Å². The summed E-state index contributed by atoms with van der Waals surface area (Å²) in [4.78, 5) is 4.68. The van der Waals surface area contributed by atoms with E-state index in [0.717, 1.165) is 28.0 Å². The minimum absolute atomic E-state index is 0.151. The van der Waals surface area contributed by atoms with Crippen LogP contribution >= 0.6 is 0 Å². The van der Waals surface area contributed by atoms with E-state index in [2.05, 4.69) is 74.3 Å². The minimum atomic E-state index is 0.151. The van der Waals surface area contributed by atoms with Crippen molar-refractivity contribution in [3.05, 3.63) is 78.4 Å². The number of fused-ring (bicyclic) bond motifs is 1. The van der Waals surface area contributed by atoms with Gasteiger partial charge in [-0.1, -0.05) is 75.4 Å². The number of furan rings is 1. The second kappa shape index (κ2) is 5.89. The Morgan fingerprint density at radius 3 is 2.16 bits per heavy atom. The Morgan fingerprint density at radius 2 is 1.48 bits per heavy atom. The van der Waals surface area contributed by atoms with Gasteiger partial charge in [0.1, 0.15) is 5.76 Å². The molecule has 0 saturated carbocycles. The summed E-state index contributed by atoms with van der Waals surface area (Å²) < 4.78 is 6.03. The molecular weight excluding hydrogens is 306 g/mol. The van der Waals surface area contributed by atoms with Gasteiger partial charge in [0.05, 0.1) is 5.69 Å². The van der Waals surface area contributed by atoms with Gasteiger partial charge in [-0.2, -0.15) is 0 Å². The van der Waals surface area contributed by atoms with E-state index in [-0.39, 0.29) is 5.41 Å². The Bertz CT molecular complexity index is 1010. The molecule has 0 aliphatic carbocycles. The highest BCUT2D eigenvalue weighted by Gasteiger charge is 2.14. The molecular formula is C23H21NO. The van der Waals surface area contributed by atoms with Crippen LogP contribution in [0.25, 0.3) is 33.7 Å². The number of hydrogen-bond acceptors (Lipinski definition) is 2. The first-order chi connectivity index (χ1) is 12.0. The zero-order valence-electron chi connectivity index (χ0n) is 14.8. The van der Waals surface area contributed by atoms with Crippen molar-refractivity contribution >= 4 is 11.1 Å². The highest BCUT2D eigenvalue weighted by molar-refractivity contribution is 5.82. The van der Waals surface area contributed by atoms with Crippen molar-refractivity contribution in [2.24, 2.45) is 0 Å². The van der Waals surface area contributed by atoms with E-state index in [9.17, 15) is 0 Å². The van der Waals surface area contributed by atoms with E-state index < -0.39 is 0 Å². The SMILES string of the molecule is CC(C)(C)c1ccc(-c2cc3ccc(-c4ccccc4)nc3o2)cc1. The second-order valence-electron chi connectivity index (χ2n) is 7.39. The maximum absolute atomic E-state index is 6.03. The molecule has 2 aromatic heterocycles. The lowest BCUT2D eigenvalue weighted by Crippen LogP contribution is -2.10. The van der Waals surface area contributed by atoms with Gasteiger partial charge in [0, 0.05) is 16.5 Å². The molecule has 0 spiro atoms. The van der Waals surface area contributed by atoms with Crippen LogP contribution in [0.2, 0.25) is 0 Å². The molecule has 0 radical (unpaired) electrons. The standard InChI is InChI=1S/C23H21NO/c1-23(2,3)19-12-9-17(10-13-19)21-15-18-11-14-20(24-22(18)25-21)16-7-5-4-6-8-16/h4-15H,1-3H3. The van der Waals surface area contributed by atoms with Gasteiger partial charge in [-0.25, -0.2) is 4.98 Å². The van der Waals surface area contributed by atoms with Crippen LogP contribution in [0.3, 0.4) is 0 Å². The van der Waals surface area contributed by atoms with Crippen LogP contribution in [0.4, 0.5) is 0 Å². The van der Waals surface area contributed by atoms with E-state index in [1.165, 1.54) is 5.56 Å². The number of nitrogens with zero attached hydrogens (tertiary/aromatic N) is 1. The first-order valence-corrected chi connectivity index (χ1v) is 8.58. The van der Waals surface area contributed by atoms with E-state index >= 15 is 0 Å². The summed E-state index contributed by atoms with van der Waals surface area (Å²) in [6.07, 6.45) is 0. The Morgan fingerprint density at radius 1 is 0.760 bits per heavy atom. The first-order valence-electron chi connectivity index (χ1n) is 8.58. The molecule has 4 rings (SSSR count). The third-order valence-electron chi connectivity index (χ3n) is 4.49. The summed E-state index contributed by atoms with van der Waals surface area (Å²) in [5.74, 6) is 0.855. The Kier molecular flexibility index (Phi) is 3.69. The third-order valence-corrected chi connectivity index (χ3v) is 4.49. The Balaban J connectivity index is 1.72. The van der Waals surface area contributed by atoms with Crippen molar-refractivity contribution in [3.63, 3.8) is 0 Å². The van der Waals surface area contributed by atoms with Gasteiger partial charge in [-0.15, -0.1) is 0 Å². The molecule has 0 N–H and O–H groups in total. The van der Waals surface area contributed by atoms with Crippen LogP contribution in [-0.4, -0.2) is 4.98 Å². The van der Waals surface area contributed by atoms with E-state index in [4.69, 9.17) is 4.42 Å². The van der Waals surface area contributed by atoms with Crippen molar-refractivity contribution in [2.75, 3.05) is 0 Å². The molecule has 124 valence electrons. The molecule has 2 aromatic carbocycles. The fourth-order valence-corrected chi connectivity index (χ4v) is 2.96. The smallest absolute Gasteiger partial charge is 0.227 e. The largest absolute Gasteiger partial charge is 0.438 e. The highest BCUT2D eigenvalue weighted by Crippen LogP contribution is 2.30. The number of hydrogen-bond donors (Lipinski definition) is 0. The number of pyridine rings is 1. The van der Waals surface area contributed by atoms with Crippen LogP contribution in [0, 0.1) is 0 Å². The molecule has 0 fully saturated rings. The lowest BCUT2D eigenvalue weighted by Gasteiger charge is -2.18. The zero-order valence-corrected chi connectivity index (χ0v) is 14.8. The van der Waals surface area contributed by atoms with Gasteiger partial charge >= 0.3 is 0 Å². The molecule has 0 amide bonds. The fraction of sp³-hybridized carbons (Fsp3) is 0.174. The number of aromatic nitrogens is 1. The average molecular weight is 327 g/mol. The summed E-state index contributed by atoms with van der Waals surface area (Å²) >= 11 is 0. The lowest BCUT2D eigenvalue weighted by molar-refractivity contribution is 0.589. The molecule has 2 nitrogen and oxygen atoms in total. The maximum atomic E-state index is 6.03. The summed E-state index contributed by atoms with van der Waals surface area (Å²) in [5.41, 5.74) is 5.24. The van der Waals surface area contributed by atoms with Gasteiger partial charge < -0.3 is 4.42 Å². The summed E-state index contributed by atoms with van der Waals surface area (Å²) in [6, 6.07) is 24.9. The van der Waals surface area contributed by atoms with Crippen molar-refractivity contribution in [1.29, 1.82) is 0 Å². The minimum Gasteiger partial charge on any atom is -0.438 e. The van der Waals surface area contributed by atoms with Gasteiger partial charge in [0.2, 0.25) is 5.71 Å². The van der Waals surface area contributed by atoms with Crippen LogP contribution in [0.5, 0.6) is 0 Å². The first kappa shape index (κ1) is 15.6. The number of rotatable bonds is 2. The average Bonchev–Trinajstić information content (AvgIpc) is 3.05. The summed E-state index contributed by atoms with van der Waals surface area (Å²) in [7, 11) is 0.